The fourth-order valence-electron chi connectivity index (χ4n) is 4.68. The largest absolute Gasteiger partial charge is 0.119 e. The first kappa shape index (κ1) is 17.8. The van der Waals surface area contributed by atoms with E-state index in [0.29, 0.717) is 0 Å². The lowest BCUT2D eigenvalue weighted by Gasteiger charge is -2.30. The summed E-state index contributed by atoms with van der Waals surface area (Å²) in [6.07, 6.45) is 24.4. The lowest BCUT2D eigenvalue weighted by Crippen LogP contribution is -2.20. The summed E-state index contributed by atoms with van der Waals surface area (Å²) in [5.74, 6) is 2.16. The van der Waals surface area contributed by atoms with Gasteiger partial charge < -0.3 is 0 Å². The molecule has 1 aliphatic heterocycles. The van der Waals surface area contributed by atoms with E-state index in [1.165, 1.54) is 79.2 Å². The Bertz CT molecular complexity index is 240. The first-order valence-electron chi connectivity index (χ1n) is 10.1. The predicted molar refractivity (Wildman–Crippen MR) is 98.9 cm³/mol. The number of hydrogen-bond acceptors (Lipinski definition) is 0. The second-order valence-electron chi connectivity index (χ2n) is 7.76. The van der Waals surface area contributed by atoms with Gasteiger partial charge in [0.1, 0.15) is 0 Å². The van der Waals surface area contributed by atoms with Crippen molar-refractivity contribution in [2.24, 2.45) is 11.8 Å². The van der Waals surface area contributed by atoms with Crippen molar-refractivity contribution < 1.29 is 0 Å². The quantitative estimate of drug-likeness (QED) is 0.485. The summed E-state index contributed by atoms with van der Waals surface area (Å²) in [5, 5.41) is 0. The summed E-state index contributed by atoms with van der Waals surface area (Å²) >= 11 is 0. The van der Waals surface area contributed by atoms with Gasteiger partial charge in [-0.05, 0) is 49.3 Å². The lowest BCUT2D eigenvalue weighted by atomic mass is 9.85. The van der Waals surface area contributed by atoms with Crippen LogP contribution in [0, 0.1) is 11.8 Å². The molecule has 1 heterocycles. The van der Waals surface area contributed by atoms with E-state index in [-0.39, 0.29) is 0 Å². The second kappa shape index (κ2) is 11.0. The van der Waals surface area contributed by atoms with Crippen molar-refractivity contribution in [1.29, 1.82) is 0 Å². The van der Waals surface area contributed by atoms with Crippen LogP contribution in [0.4, 0.5) is 0 Å². The van der Waals surface area contributed by atoms with E-state index < -0.39 is 0 Å². The molecule has 0 amide bonds. The summed E-state index contributed by atoms with van der Waals surface area (Å²) in [6, 6.07) is 0. The van der Waals surface area contributed by atoms with Gasteiger partial charge in [-0.1, -0.05) is 77.6 Å². The zero-order valence-electron chi connectivity index (χ0n) is 14.5. The predicted octanol–water partition coefficient (Wildman–Crippen LogP) is 7.16. The number of rotatable bonds is 3. The zero-order valence-corrected chi connectivity index (χ0v) is 15.5. The normalized spacial score (nSPS) is 32.4. The van der Waals surface area contributed by atoms with Crippen molar-refractivity contribution in [3.05, 3.63) is 0 Å². The van der Waals surface area contributed by atoms with Crippen LogP contribution in [0.15, 0.2) is 0 Å². The van der Waals surface area contributed by atoms with Crippen molar-refractivity contribution in [1.82, 2.24) is 0 Å². The third kappa shape index (κ3) is 7.02. The SMILES string of the molecule is CCCC1CCCCCPC(C2CCCCCCCC2)C1. The molecular formula is C20H39P. The molecule has 0 N–H and O–H groups in total. The molecule has 0 aromatic heterocycles. The van der Waals surface area contributed by atoms with Gasteiger partial charge in [0, 0.05) is 0 Å². The zero-order chi connectivity index (χ0) is 14.8. The van der Waals surface area contributed by atoms with Crippen LogP contribution in [0.25, 0.3) is 0 Å². The van der Waals surface area contributed by atoms with Gasteiger partial charge in [-0.3, -0.25) is 0 Å². The summed E-state index contributed by atoms with van der Waals surface area (Å²) in [5.41, 5.74) is 1.11. The van der Waals surface area contributed by atoms with Gasteiger partial charge in [0.25, 0.3) is 0 Å². The molecule has 0 nitrogen and oxygen atoms in total. The highest BCUT2D eigenvalue weighted by molar-refractivity contribution is 7.38. The van der Waals surface area contributed by atoms with E-state index in [0.717, 1.165) is 17.5 Å². The van der Waals surface area contributed by atoms with Crippen LogP contribution in [0.5, 0.6) is 0 Å². The van der Waals surface area contributed by atoms with Gasteiger partial charge in [-0.15, -0.1) is 8.58 Å². The van der Waals surface area contributed by atoms with Gasteiger partial charge >= 0.3 is 0 Å². The van der Waals surface area contributed by atoms with Crippen LogP contribution in [-0.2, 0) is 0 Å². The van der Waals surface area contributed by atoms with E-state index in [4.69, 9.17) is 0 Å². The topological polar surface area (TPSA) is 0 Å². The molecule has 0 bridgehead atoms. The highest BCUT2D eigenvalue weighted by Crippen LogP contribution is 2.41. The van der Waals surface area contributed by atoms with E-state index in [1.807, 2.05) is 0 Å². The van der Waals surface area contributed by atoms with Crippen molar-refractivity contribution in [3.8, 4) is 0 Å². The Morgan fingerprint density at radius 1 is 0.762 bits per heavy atom. The molecule has 0 aromatic carbocycles. The van der Waals surface area contributed by atoms with Crippen LogP contribution in [0.2, 0.25) is 0 Å². The molecule has 0 aromatic rings. The van der Waals surface area contributed by atoms with E-state index in [9.17, 15) is 0 Å². The van der Waals surface area contributed by atoms with E-state index in [1.54, 1.807) is 31.8 Å². The number of hydrogen-bond donors (Lipinski definition) is 0. The fraction of sp³-hybridized carbons (Fsp3) is 1.00. The minimum atomic E-state index is 1.07. The van der Waals surface area contributed by atoms with Crippen LogP contribution < -0.4 is 0 Å². The fourth-order valence-corrected chi connectivity index (χ4v) is 6.67. The maximum absolute atomic E-state index is 2.39. The Kier molecular flexibility index (Phi) is 9.35. The third-order valence-corrected chi connectivity index (χ3v) is 7.82. The molecule has 1 saturated carbocycles. The first-order valence-corrected chi connectivity index (χ1v) is 11.4. The average molecular weight is 311 g/mol. The molecule has 2 rings (SSSR count). The van der Waals surface area contributed by atoms with Crippen molar-refractivity contribution in [2.75, 3.05) is 6.16 Å². The van der Waals surface area contributed by atoms with Gasteiger partial charge in [0.05, 0.1) is 0 Å². The summed E-state index contributed by atoms with van der Waals surface area (Å²) in [6.45, 7) is 2.39. The van der Waals surface area contributed by atoms with E-state index in [2.05, 4.69) is 6.92 Å². The molecule has 1 aliphatic carbocycles. The Balaban J connectivity index is 1.93. The van der Waals surface area contributed by atoms with Crippen LogP contribution in [0.3, 0.4) is 0 Å². The molecule has 1 heteroatoms. The summed E-state index contributed by atoms with van der Waals surface area (Å²) < 4.78 is 0. The molecule has 2 fully saturated rings. The Labute approximate surface area is 136 Å². The summed E-state index contributed by atoms with van der Waals surface area (Å²) in [4.78, 5) is 0. The van der Waals surface area contributed by atoms with Gasteiger partial charge in [0.15, 0.2) is 0 Å². The molecular weight excluding hydrogens is 271 g/mol. The maximum Gasteiger partial charge on any atom is -0.0206 e. The van der Waals surface area contributed by atoms with Crippen molar-refractivity contribution in [3.63, 3.8) is 0 Å². The van der Waals surface area contributed by atoms with E-state index >= 15 is 0 Å². The molecule has 3 unspecified atom stereocenters. The monoisotopic (exact) mass is 310 g/mol. The lowest BCUT2D eigenvalue weighted by molar-refractivity contribution is 0.330. The average Bonchev–Trinajstić information content (AvgIpc) is 2.69. The molecule has 0 spiro atoms. The van der Waals surface area contributed by atoms with Crippen LogP contribution in [0.1, 0.15) is 103 Å². The highest BCUT2D eigenvalue weighted by Gasteiger charge is 2.25. The molecule has 21 heavy (non-hydrogen) atoms. The van der Waals surface area contributed by atoms with Crippen molar-refractivity contribution >= 4 is 8.58 Å². The van der Waals surface area contributed by atoms with Gasteiger partial charge in [0.2, 0.25) is 0 Å². The van der Waals surface area contributed by atoms with Gasteiger partial charge in [-0.25, -0.2) is 0 Å². The Morgan fingerprint density at radius 2 is 1.38 bits per heavy atom. The van der Waals surface area contributed by atoms with Crippen LogP contribution in [-0.4, -0.2) is 11.8 Å². The Morgan fingerprint density at radius 3 is 2.10 bits per heavy atom. The first-order chi connectivity index (χ1) is 10.4. The highest BCUT2D eigenvalue weighted by atomic mass is 31.1. The minimum absolute atomic E-state index is 1.07. The molecule has 2 aliphatic rings. The van der Waals surface area contributed by atoms with Crippen molar-refractivity contribution in [2.45, 2.75) is 109 Å². The molecule has 1 saturated heterocycles. The second-order valence-corrected chi connectivity index (χ2v) is 9.41. The Hall–Kier alpha value is 0.430. The standard InChI is InChI=1S/C20H39P/c1-2-12-18-13-8-7-11-16-21-20(17-18)19-14-9-5-3-4-6-10-15-19/h18-21H,2-17H2,1H3. The maximum atomic E-state index is 2.39. The smallest absolute Gasteiger partial charge is 0.0206 e. The van der Waals surface area contributed by atoms with Gasteiger partial charge in [-0.2, -0.15) is 0 Å². The third-order valence-electron chi connectivity index (χ3n) is 5.95. The van der Waals surface area contributed by atoms with Crippen LogP contribution >= 0.6 is 8.58 Å². The molecule has 0 radical (unpaired) electrons. The molecule has 3 atom stereocenters. The molecule has 124 valence electrons. The summed E-state index contributed by atoms with van der Waals surface area (Å²) in [7, 11) is 1.29. The minimum Gasteiger partial charge on any atom is -0.119 e.